The predicted octanol–water partition coefficient (Wildman–Crippen LogP) is 3.28. The van der Waals surface area contributed by atoms with E-state index in [2.05, 4.69) is 10.4 Å². The van der Waals surface area contributed by atoms with Crippen molar-refractivity contribution < 1.29 is 23.4 Å². The number of nitrogens with zero attached hydrogens (tertiary/aromatic N) is 2. The highest BCUT2D eigenvalue weighted by molar-refractivity contribution is 5.95. The van der Waals surface area contributed by atoms with Gasteiger partial charge in [-0.3, -0.25) is 4.79 Å². The second-order valence-electron chi connectivity index (χ2n) is 6.23. The zero-order chi connectivity index (χ0) is 21.0. The monoisotopic (exact) mass is 399 g/mol. The minimum absolute atomic E-state index is 0.226. The second kappa shape index (κ2) is 8.64. The van der Waals surface area contributed by atoms with E-state index in [0.29, 0.717) is 34.2 Å². The molecule has 152 valence electrons. The van der Waals surface area contributed by atoms with Gasteiger partial charge in [-0.25, -0.2) is 9.07 Å². The van der Waals surface area contributed by atoms with Crippen LogP contribution in [0.2, 0.25) is 0 Å². The predicted molar refractivity (Wildman–Crippen MR) is 106 cm³/mol. The molecule has 1 heterocycles. The molecule has 0 aliphatic heterocycles. The van der Waals surface area contributed by atoms with Crippen LogP contribution in [0, 0.1) is 12.7 Å². The number of aromatic nitrogens is 2. The Hall–Kier alpha value is -3.55. The van der Waals surface area contributed by atoms with E-state index in [1.54, 1.807) is 57.2 Å². The highest BCUT2D eigenvalue weighted by atomic mass is 19.1. The molecule has 0 saturated carbocycles. The van der Waals surface area contributed by atoms with Gasteiger partial charge in [0.1, 0.15) is 11.6 Å². The summed E-state index contributed by atoms with van der Waals surface area (Å²) in [6, 6.07) is 9.36. The van der Waals surface area contributed by atoms with Crippen molar-refractivity contribution in [3.05, 3.63) is 65.2 Å². The van der Waals surface area contributed by atoms with Gasteiger partial charge < -0.3 is 19.5 Å². The minimum atomic E-state index is -0.333. The fourth-order valence-corrected chi connectivity index (χ4v) is 2.98. The summed E-state index contributed by atoms with van der Waals surface area (Å²) in [5.41, 5.74) is 2.48. The number of methoxy groups -OCH3 is 3. The Morgan fingerprint density at radius 2 is 1.66 bits per heavy atom. The Morgan fingerprint density at radius 3 is 2.28 bits per heavy atom. The Kier molecular flexibility index (Phi) is 6.01. The molecule has 1 aromatic heterocycles. The summed E-state index contributed by atoms with van der Waals surface area (Å²) in [5.74, 6) is 1.03. The minimum Gasteiger partial charge on any atom is -0.496 e. The van der Waals surface area contributed by atoms with Gasteiger partial charge in [0.15, 0.2) is 11.5 Å². The molecule has 3 rings (SSSR count). The summed E-state index contributed by atoms with van der Waals surface area (Å²) in [4.78, 5) is 12.7. The highest BCUT2D eigenvalue weighted by Crippen LogP contribution is 2.34. The first kappa shape index (κ1) is 20.2. The van der Waals surface area contributed by atoms with Gasteiger partial charge in [0.05, 0.1) is 44.5 Å². The van der Waals surface area contributed by atoms with Crippen molar-refractivity contribution in [3.63, 3.8) is 0 Å². The fraction of sp³-hybridized carbons (Fsp3) is 0.238. The number of carbonyl (C=O) groups excluding carboxylic acids is 1. The van der Waals surface area contributed by atoms with Crippen molar-refractivity contribution in [2.75, 3.05) is 21.3 Å². The topological polar surface area (TPSA) is 74.6 Å². The molecular weight excluding hydrogens is 377 g/mol. The summed E-state index contributed by atoms with van der Waals surface area (Å²) in [6.07, 6.45) is 1.49. The third kappa shape index (κ3) is 4.16. The molecule has 7 nitrogen and oxygen atoms in total. The standard InChI is InChI=1S/C21H22FN3O4/c1-13-17(12-24-25(13)16-7-5-15(22)6-8-16)21(26)23-11-14-9-19(28-3)20(29-4)10-18(14)27-2/h5-10,12H,11H2,1-4H3,(H,23,26). The maximum absolute atomic E-state index is 13.1. The molecule has 0 bridgehead atoms. The number of halogens is 1. The Morgan fingerprint density at radius 1 is 1.03 bits per heavy atom. The normalized spacial score (nSPS) is 10.5. The highest BCUT2D eigenvalue weighted by Gasteiger charge is 2.17. The molecular formula is C21H22FN3O4. The first-order valence-electron chi connectivity index (χ1n) is 8.86. The molecule has 0 fully saturated rings. The van der Waals surface area contributed by atoms with Crippen LogP contribution in [0.15, 0.2) is 42.6 Å². The summed E-state index contributed by atoms with van der Waals surface area (Å²) in [7, 11) is 4.63. The molecule has 29 heavy (non-hydrogen) atoms. The largest absolute Gasteiger partial charge is 0.496 e. The third-order valence-corrected chi connectivity index (χ3v) is 4.55. The van der Waals surface area contributed by atoms with E-state index in [9.17, 15) is 9.18 Å². The molecule has 1 amide bonds. The van der Waals surface area contributed by atoms with Crippen molar-refractivity contribution in [2.45, 2.75) is 13.5 Å². The quantitative estimate of drug-likeness (QED) is 0.660. The number of carbonyl (C=O) groups is 1. The maximum atomic E-state index is 13.1. The van der Waals surface area contributed by atoms with Gasteiger partial charge in [-0.1, -0.05) is 0 Å². The van der Waals surface area contributed by atoms with Gasteiger partial charge in [-0.2, -0.15) is 5.10 Å². The molecule has 8 heteroatoms. The molecule has 2 aromatic carbocycles. The van der Waals surface area contributed by atoms with E-state index in [1.165, 1.54) is 18.3 Å². The van der Waals surface area contributed by atoms with Gasteiger partial charge in [0, 0.05) is 18.2 Å². The van der Waals surface area contributed by atoms with E-state index in [0.717, 1.165) is 5.56 Å². The van der Waals surface area contributed by atoms with E-state index < -0.39 is 0 Å². The number of rotatable bonds is 7. The zero-order valence-electron chi connectivity index (χ0n) is 16.7. The van der Waals surface area contributed by atoms with Gasteiger partial charge in [-0.05, 0) is 37.3 Å². The Balaban J connectivity index is 1.79. The summed E-state index contributed by atoms with van der Waals surface area (Å²) in [6.45, 7) is 2.01. The van der Waals surface area contributed by atoms with E-state index in [4.69, 9.17) is 14.2 Å². The molecule has 1 N–H and O–H groups in total. The average Bonchev–Trinajstić information content (AvgIpc) is 3.13. The lowest BCUT2D eigenvalue weighted by atomic mass is 10.1. The molecule has 0 spiro atoms. The van der Waals surface area contributed by atoms with Crippen LogP contribution in [-0.2, 0) is 6.54 Å². The maximum Gasteiger partial charge on any atom is 0.255 e. The first-order chi connectivity index (χ1) is 14.0. The van der Waals surface area contributed by atoms with Gasteiger partial charge >= 0.3 is 0 Å². The SMILES string of the molecule is COc1cc(OC)c(OC)cc1CNC(=O)c1cnn(-c2ccc(F)cc2)c1C. The number of hydrogen-bond donors (Lipinski definition) is 1. The molecule has 0 aliphatic carbocycles. The van der Waals surface area contributed by atoms with Crippen LogP contribution >= 0.6 is 0 Å². The lowest BCUT2D eigenvalue weighted by Crippen LogP contribution is -2.23. The number of benzene rings is 2. The number of amides is 1. The molecule has 0 atom stereocenters. The molecule has 0 saturated heterocycles. The molecule has 0 aliphatic rings. The van der Waals surface area contributed by atoms with Crippen LogP contribution in [0.3, 0.4) is 0 Å². The van der Waals surface area contributed by atoms with Crippen molar-refractivity contribution in [1.82, 2.24) is 15.1 Å². The van der Waals surface area contributed by atoms with Crippen LogP contribution < -0.4 is 19.5 Å². The Labute approximate surface area is 168 Å². The third-order valence-electron chi connectivity index (χ3n) is 4.55. The van der Waals surface area contributed by atoms with Crippen LogP contribution in [0.5, 0.6) is 17.2 Å². The Bertz CT molecular complexity index is 1020. The van der Waals surface area contributed by atoms with Crippen molar-refractivity contribution >= 4 is 5.91 Å². The van der Waals surface area contributed by atoms with E-state index in [-0.39, 0.29) is 18.3 Å². The van der Waals surface area contributed by atoms with E-state index in [1.807, 2.05) is 0 Å². The van der Waals surface area contributed by atoms with Gasteiger partial charge in [0.25, 0.3) is 5.91 Å². The zero-order valence-corrected chi connectivity index (χ0v) is 16.7. The first-order valence-corrected chi connectivity index (χ1v) is 8.86. The van der Waals surface area contributed by atoms with Crippen molar-refractivity contribution in [1.29, 1.82) is 0 Å². The smallest absolute Gasteiger partial charge is 0.255 e. The second-order valence-corrected chi connectivity index (χ2v) is 6.23. The summed E-state index contributed by atoms with van der Waals surface area (Å²) >= 11 is 0. The molecule has 0 unspecified atom stereocenters. The van der Waals surface area contributed by atoms with E-state index >= 15 is 0 Å². The van der Waals surface area contributed by atoms with Crippen molar-refractivity contribution in [3.8, 4) is 22.9 Å². The lowest BCUT2D eigenvalue weighted by molar-refractivity contribution is 0.0950. The van der Waals surface area contributed by atoms with Crippen LogP contribution in [0.1, 0.15) is 21.6 Å². The number of hydrogen-bond acceptors (Lipinski definition) is 5. The van der Waals surface area contributed by atoms with Gasteiger partial charge in [0.2, 0.25) is 0 Å². The number of nitrogens with one attached hydrogen (secondary N) is 1. The average molecular weight is 399 g/mol. The summed E-state index contributed by atoms with van der Waals surface area (Å²) in [5, 5.41) is 7.11. The van der Waals surface area contributed by atoms with Crippen LogP contribution in [0.4, 0.5) is 4.39 Å². The lowest BCUT2D eigenvalue weighted by Gasteiger charge is -2.14. The summed E-state index contributed by atoms with van der Waals surface area (Å²) < 4.78 is 30.7. The molecule has 3 aromatic rings. The fourth-order valence-electron chi connectivity index (χ4n) is 2.98. The number of ether oxygens (including phenoxy) is 3. The molecule has 0 radical (unpaired) electrons. The van der Waals surface area contributed by atoms with Crippen LogP contribution in [-0.4, -0.2) is 37.0 Å². The van der Waals surface area contributed by atoms with Crippen LogP contribution in [0.25, 0.3) is 5.69 Å². The van der Waals surface area contributed by atoms with Crippen molar-refractivity contribution in [2.24, 2.45) is 0 Å². The van der Waals surface area contributed by atoms with Gasteiger partial charge in [-0.15, -0.1) is 0 Å².